The summed E-state index contributed by atoms with van der Waals surface area (Å²) in [5.41, 5.74) is -0.188. The van der Waals surface area contributed by atoms with Crippen LogP contribution in [0, 0.1) is 33.5 Å². The molecule has 2 aromatic rings. The van der Waals surface area contributed by atoms with E-state index < -0.39 is 27.4 Å². The zero-order valence-corrected chi connectivity index (χ0v) is 28.8. The smallest absolute Gasteiger partial charge is 0.313 e. The maximum atomic E-state index is 15.1. The summed E-state index contributed by atoms with van der Waals surface area (Å²) in [6.07, 6.45) is 11.5. The normalized spacial score (nSPS) is 41.4. The fraction of sp³-hybridized carbons (Fsp3) is 0.610. The van der Waals surface area contributed by atoms with Crippen molar-refractivity contribution in [2.45, 2.75) is 116 Å². The standard InChI is InChI=1S/C41H51NO5/c1-36(2)39(5)21-22-41(36,47-35(39)45)34(44)42(24-27-11-8-10-26-9-6-7-12-30(26)27)25-40(46)20-17-33-31-14-13-28-23-29(43)15-18-37(28,3)32(31)16-19-38(33,40)4/h6-14,29,32-33,43,46H,15-25H2,1-5H3. The average molecular weight is 638 g/mol. The molecule has 2 bridgehead atoms. The van der Waals surface area contributed by atoms with Crippen molar-refractivity contribution in [3.05, 3.63) is 71.3 Å². The fourth-order valence-electron chi connectivity index (χ4n) is 11.5. The molecule has 1 heterocycles. The summed E-state index contributed by atoms with van der Waals surface area (Å²) in [5.74, 6) is 0.211. The van der Waals surface area contributed by atoms with E-state index in [1.807, 2.05) is 43.9 Å². The van der Waals surface area contributed by atoms with Crippen molar-refractivity contribution < 1.29 is 24.5 Å². The molecule has 0 aromatic heterocycles. The lowest BCUT2D eigenvalue weighted by Crippen LogP contribution is -2.60. The molecule has 8 unspecified atom stereocenters. The Kier molecular flexibility index (Phi) is 6.69. The summed E-state index contributed by atoms with van der Waals surface area (Å²) >= 11 is 0. The second-order valence-electron chi connectivity index (χ2n) is 17.3. The first kappa shape index (κ1) is 31.3. The van der Waals surface area contributed by atoms with Crippen molar-refractivity contribution in [2.75, 3.05) is 6.54 Å². The molecule has 2 aromatic carbocycles. The van der Waals surface area contributed by atoms with Crippen molar-refractivity contribution in [3.63, 3.8) is 0 Å². The van der Waals surface area contributed by atoms with Gasteiger partial charge in [0.2, 0.25) is 0 Å². The van der Waals surface area contributed by atoms with E-state index in [0.717, 1.165) is 54.9 Å². The van der Waals surface area contributed by atoms with E-state index in [-0.39, 0.29) is 35.9 Å². The molecule has 5 fully saturated rings. The van der Waals surface area contributed by atoms with Crippen LogP contribution in [0.4, 0.5) is 0 Å². The average Bonchev–Trinajstić information content (AvgIpc) is 3.49. The number of hydrogen-bond acceptors (Lipinski definition) is 5. The van der Waals surface area contributed by atoms with Gasteiger partial charge in [-0.3, -0.25) is 9.59 Å². The summed E-state index contributed by atoms with van der Waals surface area (Å²) in [6, 6.07) is 14.5. The van der Waals surface area contributed by atoms with Crippen LogP contribution in [0.15, 0.2) is 65.8 Å². The molecule has 2 N–H and O–H groups in total. The quantitative estimate of drug-likeness (QED) is 0.337. The minimum atomic E-state index is -1.25. The lowest BCUT2D eigenvalue weighted by atomic mass is 9.50. The molecular weight excluding hydrogens is 586 g/mol. The van der Waals surface area contributed by atoms with E-state index in [2.05, 4.69) is 50.3 Å². The van der Waals surface area contributed by atoms with Crippen LogP contribution in [0.25, 0.3) is 10.8 Å². The van der Waals surface area contributed by atoms with Gasteiger partial charge in [-0.15, -0.1) is 0 Å². The highest BCUT2D eigenvalue weighted by atomic mass is 16.6. The number of esters is 1. The summed E-state index contributed by atoms with van der Waals surface area (Å²) in [4.78, 5) is 30.3. The van der Waals surface area contributed by atoms with E-state index >= 15 is 4.79 Å². The van der Waals surface area contributed by atoms with E-state index in [9.17, 15) is 15.0 Å². The predicted molar refractivity (Wildman–Crippen MR) is 182 cm³/mol. The lowest BCUT2D eigenvalue weighted by Gasteiger charge is -2.56. The highest BCUT2D eigenvalue weighted by Crippen LogP contribution is 2.68. The Labute approximate surface area is 279 Å². The topological polar surface area (TPSA) is 87.1 Å². The molecule has 250 valence electrons. The van der Waals surface area contributed by atoms with Crippen LogP contribution in [0.5, 0.6) is 0 Å². The van der Waals surface area contributed by atoms with Crippen LogP contribution in [-0.2, 0) is 20.9 Å². The lowest BCUT2D eigenvalue weighted by molar-refractivity contribution is -0.178. The van der Waals surface area contributed by atoms with E-state index in [0.29, 0.717) is 31.7 Å². The predicted octanol–water partition coefficient (Wildman–Crippen LogP) is 7.27. The third kappa shape index (κ3) is 3.98. The minimum Gasteiger partial charge on any atom is -0.448 e. The van der Waals surface area contributed by atoms with E-state index in [4.69, 9.17) is 4.74 Å². The maximum Gasteiger partial charge on any atom is 0.313 e. The molecule has 0 radical (unpaired) electrons. The van der Waals surface area contributed by atoms with Gasteiger partial charge in [-0.05, 0) is 98.3 Å². The van der Waals surface area contributed by atoms with Gasteiger partial charge in [0.05, 0.1) is 23.7 Å². The highest BCUT2D eigenvalue weighted by molar-refractivity contribution is 5.96. The van der Waals surface area contributed by atoms with Gasteiger partial charge in [0.25, 0.3) is 5.91 Å². The summed E-state index contributed by atoms with van der Waals surface area (Å²) in [7, 11) is 0. The first-order valence-electron chi connectivity index (χ1n) is 18.0. The molecule has 1 saturated heterocycles. The number of amides is 1. The van der Waals surface area contributed by atoms with Crippen LogP contribution in [0.1, 0.15) is 98.0 Å². The van der Waals surface area contributed by atoms with Crippen molar-refractivity contribution in [1.82, 2.24) is 4.90 Å². The van der Waals surface area contributed by atoms with Crippen LogP contribution < -0.4 is 0 Å². The molecule has 6 heteroatoms. The number of allylic oxidation sites excluding steroid dienone is 3. The van der Waals surface area contributed by atoms with Crippen LogP contribution >= 0.6 is 0 Å². The zero-order valence-electron chi connectivity index (χ0n) is 28.8. The monoisotopic (exact) mass is 637 g/mol. The maximum absolute atomic E-state index is 15.1. The number of ether oxygens (including phenoxy) is 1. The third-order valence-corrected chi connectivity index (χ3v) is 15.3. The SMILES string of the molecule is CC12CCC(O)CC1=CC=C1C2CCC2(C)C1CCC2(O)CN(Cc1cccc2ccccc12)C(=O)C12CCC(C)(C(=O)O1)C2(C)C. The Balaban J connectivity index is 1.17. The number of rotatable bonds is 5. The Morgan fingerprint density at radius 2 is 1.64 bits per heavy atom. The van der Waals surface area contributed by atoms with Gasteiger partial charge < -0.3 is 19.8 Å². The first-order chi connectivity index (χ1) is 22.2. The zero-order chi connectivity index (χ0) is 33.2. The van der Waals surface area contributed by atoms with Crippen molar-refractivity contribution in [3.8, 4) is 0 Å². The molecule has 4 saturated carbocycles. The number of aliphatic hydroxyl groups excluding tert-OH is 1. The number of aliphatic hydroxyl groups is 2. The molecule has 8 atom stereocenters. The number of carbonyl (C=O) groups excluding carboxylic acids is 2. The van der Waals surface area contributed by atoms with Crippen LogP contribution in [0.2, 0.25) is 0 Å². The summed E-state index contributed by atoms with van der Waals surface area (Å²) < 4.78 is 6.16. The first-order valence-corrected chi connectivity index (χ1v) is 18.0. The molecule has 5 aliphatic carbocycles. The molecule has 1 amide bonds. The van der Waals surface area contributed by atoms with Gasteiger partial charge in [0.15, 0.2) is 5.60 Å². The van der Waals surface area contributed by atoms with Crippen LogP contribution in [0.3, 0.4) is 0 Å². The molecular formula is C41H51NO5. The number of fused-ring (bicyclic) bond motifs is 8. The van der Waals surface area contributed by atoms with Gasteiger partial charge in [0, 0.05) is 17.4 Å². The Bertz CT molecular complexity index is 1740. The van der Waals surface area contributed by atoms with Gasteiger partial charge in [-0.25, -0.2) is 0 Å². The summed E-state index contributed by atoms with van der Waals surface area (Å²) in [6.45, 7) is 11.2. The van der Waals surface area contributed by atoms with Gasteiger partial charge in [-0.1, -0.05) is 93.5 Å². The number of carbonyl (C=O) groups is 2. The Morgan fingerprint density at radius 3 is 2.38 bits per heavy atom. The molecule has 1 aliphatic heterocycles. The van der Waals surface area contributed by atoms with Gasteiger partial charge >= 0.3 is 5.97 Å². The Morgan fingerprint density at radius 1 is 0.894 bits per heavy atom. The number of hydrogen-bond donors (Lipinski definition) is 2. The van der Waals surface area contributed by atoms with Gasteiger partial charge in [-0.2, -0.15) is 0 Å². The van der Waals surface area contributed by atoms with Crippen molar-refractivity contribution in [1.29, 1.82) is 0 Å². The molecule has 8 rings (SSSR count). The number of benzene rings is 2. The summed E-state index contributed by atoms with van der Waals surface area (Å²) in [5, 5.41) is 25.6. The minimum absolute atomic E-state index is 0.0634. The van der Waals surface area contributed by atoms with E-state index in [1.54, 1.807) is 0 Å². The fourth-order valence-corrected chi connectivity index (χ4v) is 11.5. The van der Waals surface area contributed by atoms with Gasteiger partial charge in [0.1, 0.15) is 0 Å². The highest BCUT2D eigenvalue weighted by Gasteiger charge is 2.76. The largest absolute Gasteiger partial charge is 0.448 e. The van der Waals surface area contributed by atoms with E-state index in [1.165, 1.54) is 11.1 Å². The molecule has 47 heavy (non-hydrogen) atoms. The second-order valence-corrected chi connectivity index (χ2v) is 17.3. The molecule has 6 nitrogen and oxygen atoms in total. The molecule has 6 aliphatic rings. The van der Waals surface area contributed by atoms with Crippen molar-refractivity contribution >= 4 is 22.6 Å². The van der Waals surface area contributed by atoms with Crippen molar-refractivity contribution in [2.24, 2.45) is 33.5 Å². The van der Waals surface area contributed by atoms with Crippen LogP contribution in [-0.4, -0.2) is 50.8 Å². The second kappa shape index (κ2) is 10.0. The Hall–Kier alpha value is -2.96. The number of nitrogens with zero attached hydrogens (tertiary/aromatic N) is 1. The molecule has 0 spiro atoms. The third-order valence-electron chi connectivity index (χ3n) is 15.3.